The topological polar surface area (TPSA) is 113 Å². The number of nitrogens with zero attached hydrogens (tertiary/aromatic N) is 5. The molecular weight excluding hydrogens is 476 g/mol. The van der Waals surface area contributed by atoms with E-state index in [0.717, 1.165) is 30.0 Å². The minimum Gasteiger partial charge on any atom is -0.397 e. The van der Waals surface area contributed by atoms with Gasteiger partial charge in [0.2, 0.25) is 0 Å². The molecule has 186 valence electrons. The van der Waals surface area contributed by atoms with Crippen LogP contribution in [0.25, 0.3) is 33.3 Å². The number of rotatable bonds is 3. The van der Waals surface area contributed by atoms with E-state index in [2.05, 4.69) is 31.5 Å². The molecule has 0 radical (unpaired) electrons. The Bertz CT molecular complexity index is 1530. The zero-order valence-electron chi connectivity index (χ0n) is 19.8. The van der Waals surface area contributed by atoms with Gasteiger partial charge in [-0.05, 0) is 36.2 Å². The van der Waals surface area contributed by atoms with Crippen LogP contribution in [0, 0.1) is 23.0 Å². The fourth-order valence-corrected chi connectivity index (χ4v) is 5.23. The van der Waals surface area contributed by atoms with Crippen molar-refractivity contribution in [2.45, 2.75) is 18.6 Å². The molecule has 0 aliphatic carbocycles. The molecule has 3 N–H and O–H groups in total. The highest BCUT2D eigenvalue weighted by Gasteiger charge is 2.34. The van der Waals surface area contributed by atoms with Gasteiger partial charge in [0, 0.05) is 60.6 Å². The Morgan fingerprint density at radius 3 is 2.73 bits per heavy atom. The van der Waals surface area contributed by atoms with E-state index in [1.54, 1.807) is 6.20 Å². The number of benzene rings is 2. The average Bonchev–Trinajstić information content (AvgIpc) is 2.91. The van der Waals surface area contributed by atoms with Gasteiger partial charge in [0.1, 0.15) is 23.4 Å². The molecule has 2 fully saturated rings. The van der Waals surface area contributed by atoms with Crippen molar-refractivity contribution in [3.05, 3.63) is 66.0 Å². The van der Waals surface area contributed by atoms with Crippen LogP contribution in [0.3, 0.4) is 0 Å². The molecule has 2 saturated heterocycles. The molecule has 2 unspecified atom stereocenters. The Kier molecular flexibility index (Phi) is 5.87. The largest absolute Gasteiger partial charge is 0.397 e. The Hall–Kier alpha value is -4.20. The maximum Gasteiger partial charge on any atom is 0.126 e. The van der Waals surface area contributed by atoms with Crippen molar-refractivity contribution in [3.8, 4) is 28.5 Å². The van der Waals surface area contributed by atoms with Crippen LogP contribution in [-0.2, 0) is 4.74 Å². The van der Waals surface area contributed by atoms with Crippen LogP contribution in [0.4, 0.5) is 20.2 Å². The third kappa shape index (κ3) is 4.22. The SMILES string of the molecule is N#Cc1cncc(-c2ccc3nnc(-c4cc(F)cc(F)c4)c(N4CCC5NCCOC5C4)c3c2)c1N. The summed E-state index contributed by atoms with van der Waals surface area (Å²) in [5, 5.41) is 22.5. The van der Waals surface area contributed by atoms with E-state index in [-0.39, 0.29) is 17.7 Å². The second-order valence-electron chi connectivity index (χ2n) is 9.25. The molecule has 6 rings (SSSR count). The van der Waals surface area contributed by atoms with E-state index in [9.17, 15) is 14.0 Å². The zero-order valence-corrected chi connectivity index (χ0v) is 19.8. The lowest BCUT2D eigenvalue weighted by Crippen LogP contribution is -2.57. The number of hydrogen-bond donors (Lipinski definition) is 2. The van der Waals surface area contributed by atoms with Crippen molar-refractivity contribution in [1.82, 2.24) is 20.5 Å². The molecule has 0 bridgehead atoms. The quantitative estimate of drug-likeness (QED) is 0.439. The molecule has 2 aliphatic rings. The first-order chi connectivity index (χ1) is 18.0. The van der Waals surface area contributed by atoms with Gasteiger partial charge >= 0.3 is 0 Å². The van der Waals surface area contributed by atoms with Crippen molar-refractivity contribution in [3.63, 3.8) is 0 Å². The number of nitriles is 1. The van der Waals surface area contributed by atoms with Crippen LogP contribution < -0.4 is 16.0 Å². The Morgan fingerprint density at radius 2 is 1.92 bits per heavy atom. The third-order valence-electron chi connectivity index (χ3n) is 7.00. The Morgan fingerprint density at radius 1 is 1.08 bits per heavy atom. The van der Waals surface area contributed by atoms with Gasteiger partial charge in [-0.25, -0.2) is 8.78 Å². The van der Waals surface area contributed by atoms with E-state index >= 15 is 0 Å². The number of nitrogens with two attached hydrogens (primary N) is 1. The van der Waals surface area contributed by atoms with E-state index in [0.29, 0.717) is 53.4 Å². The first-order valence-corrected chi connectivity index (χ1v) is 12.0. The number of nitrogens with one attached hydrogen (secondary N) is 1. The number of aromatic nitrogens is 3. The molecule has 4 heterocycles. The number of nitrogen functional groups attached to an aromatic ring is 1. The molecule has 8 nitrogen and oxygen atoms in total. The summed E-state index contributed by atoms with van der Waals surface area (Å²) in [7, 11) is 0. The maximum atomic E-state index is 14.2. The van der Waals surface area contributed by atoms with Crippen LogP contribution in [0.15, 0.2) is 48.8 Å². The minimum absolute atomic E-state index is 0.0295. The maximum absolute atomic E-state index is 14.2. The molecule has 2 aromatic carbocycles. The lowest BCUT2D eigenvalue weighted by Gasteiger charge is -2.43. The minimum atomic E-state index is -0.692. The molecule has 4 aromatic rings. The Balaban J connectivity index is 1.56. The first kappa shape index (κ1) is 23.2. The molecular formula is C27H23F2N7O. The second-order valence-corrected chi connectivity index (χ2v) is 9.25. The summed E-state index contributed by atoms with van der Waals surface area (Å²) in [5.74, 6) is -1.38. The fraction of sp³-hybridized carbons (Fsp3) is 0.259. The van der Waals surface area contributed by atoms with Crippen molar-refractivity contribution in [2.24, 2.45) is 0 Å². The van der Waals surface area contributed by atoms with Crippen molar-refractivity contribution in [2.75, 3.05) is 36.9 Å². The van der Waals surface area contributed by atoms with E-state index in [1.165, 1.54) is 18.3 Å². The zero-order chi connectivity index (χ0) is 25.5. The molecule has 0 saturated carbocycles. The predicted octanol–water partition coefficient (Wildman–Crippen LogP) is 3.66. The standard InChI is InChI=1S/C27H23F2N7O/c28-18-7-16(8-19(29)10-18)26-27(36-5-3-23-24(14-36)37-6-4-33-23)20-9-15(1-2-22(20)34-35-26)21-13-32-12-17(11-30)25(21)31/h1-2,7-10,12-13,23-24,33H,3-6,14H2,(H2,31,32). The van der Waals surface area contributed by atoms with Crippen LogP contribution in [0.5, 0.6) is 0 Å². The lowest BCUT2D eigenvalue weighted by atomic mass is 9.96. The normalized spacial score (nSPS) is 19.4. The number of hydrogen-bond acceptors (Lipinski definition) is 8. The highest BCUT2D eigenvalue weighted by molar-refractivity contribution is 6.01. The summed E-state index contributed by atoms with van der Waals surface area (Å²) in [6.07, 6.45) is 3.85. The Labute approximate surface area is 211 Å². The van der Waals surface area contributed by atoms with Gasteiger partial charge in [0.15, 0.2) is 0 Å². The lowest BCUT2D eigenvalue weighted by molar-refractivity contribution is -0.00897. The second kappa shape index (κ2) is 9.35. The monoisotopic (exact) mass is 499 g/mol. The number of fused-ring (bicyclic) bond motifs is 2. The van der Waals surface area contributed by atoms with Gasteiger partial charge in [-0.2, -0.15) is 5.26 Å². The molecule has 2 aromatic heterocycles. The van der Waals surface area contributed by atoms with E-state index < -0.39 is 11.6 Å². The average molecular weight is 500 g/mol. The third-order valence-corrected chi connectivity index (χ3v) is 7.00. The summed E-state index contributed by atoms with van der Waals surface area (Å²) in [6.45, 7) is 2.72. The van der Waals surface area contributed by atoms with Crippen molar-refractivity contribution < 1.29 is 13.5 Å². The molecule has 2 aliphatic heterocycles. The predicted molar refractivity (Wildman–Crippen MR) is 136 cm³/mol. The summed E-state index contributed by atoms with van der Waals surface area (Å²) < 4.78 is 34.5. The van der Waals surface area contributed by atoms with Crippen molar-refractivity contribution in [1.29, 1.82) is 5.26 Å². The summed E-state index contributed by atoms with van der Waals surface area (Å²) in [4.78, 5) is 6.32. The first-order valence-electron chi connectivity index (χ1n) is 12.0. The van der Waals surface area contributed by atoms with Gasteiger partial charge in [-0.15, -0.1) is 10.2 Å². The summed E-state index contributed by atoms with van der Waals surface area (Å²) in [6, 6.07) is 11.2. The highest BCUT2D eigenvalue weighted by atomic mass is 19.1. The van der Waals surface area contributed by atoms with Crippen molar-refractivity contribution >= 4 is 22.3 Å². The molecule has 2 atom stereocenters. The van der Waals surface area contributed by atoms with Gasteiger partial charge in [-0.1, -0.05) is 6.07 Å². The number of anilines is 2. The highest BCUT2D eigenvalue weighted by Crippen LogP contribution is 2.39. The summed E-state index contributed by atoms with van der Waals surface area (Å²) >= 11 is 0. The molecule has 0 amide bonds. The van der Waals surface area contributed by atoms with E-state index in [4.69, 9.17) is 10.5 Å². The number of halogens is 2. The van der Waals surface area contributed by atoms with Gasteiger partial charge in [0.25, 0.3) is 0 Å². The number of pyridine rings is 1. The van der Waals surface area contributed by atoms with Crippen LogP contribution in [0.2, 0.25) is 0 Å². The van der Waals surface area contributed by atoms with Crippen LogP contribution in [0.1, 0.15) is 12.0 Å². The van der Waals surface area contributed by atoms with Crippen LogP contribution >= 0.6 is 0 Å². The van der Waals surface area contributed by atoms with Gasteiger partial charge in [-0.3, -0.25) is 4.98 Å². The fourth-order valence-electron chi connectivity index (χ4n) is 5.23. The van der Waals surface area contributed by atoms with Crippen LogP contribution in [-0.4, -0.2) is 53.6 Å². The smallest absolute Gasteiger partial charge is 0.126 e. The molecule has 37 heavy (non-hydrogen) atoms. The number of piperidine rings is 1. The number of morpholine rings is 1. The molecule has 10 heteroatoms. The number of ether oxygens (including phenoxy) is 1. The van der Waals surface area contributed by atoms with E-state index in [1.807, 2.05) is 18.2 Å². The van der Waals surface area contributed by atoms with Gasteiger partial charge < -0.3 is 20.7 Å². The van der Waals surface area contributed by atoms with Gasteiger partial charge in [0.05, 0.1) is 35.2 Å². The molecule has 0 spiro atoms. The summed E-state index contributed by atoms with van der Waals surface area (Å²) in [5.41, 5.74) is 10.2.